The van der Waals surface area contributed by atoms with Crippen LogP contribution in [0.1, 0.15) is 34.3 Å². The summed E-state index contributed by atoms with van der Waals surface area (Å²) in [4.78, 5) is 24.2. The SMILES string of the molecule is Cc1c(C(=O)NCC(=O)OC2CCNCC2)ccc2c1B(O)OC2. The van der Waals surface area contributed by atoms with Crippen molar-refractivity contribution >= 4 is 24.5 Å². The number of amides is 1. The van der Waals surface area contributed by atoms with E-state index in [-0.39, 0.29) is 18.6 Å². The second kappa shape index (κ2) is 7.33. The molecule has 0 saturated carbocycles. The van der Waals surface area contributed by atoms with Crippen LogP contribution in [0, 0.1) is 6.92 Å². The average molecular weight is 332 g/mol. The maximum Gasteiger partial charge on any atom is 0.492 e. The van der Waals surface area contributed by atoms with Crippen LogP contribution in [-0.4, -0.2) is 49.8 Å². The van der Waals surface area contributed by atoms with Crippen molar-refractivity contribution in [3.05, 3.63) is 28.8 Å². The lowest BCUT2D eigenvalue weighted by atomic mass is 9.75. The number of benzene rings is 1. The Balaban J connectivity index is 1.57. The van der Waals surface area contributed by atoms with E-state index >= 15 is 0 Å². The molecule has 0 unspecified atom stereocenters. The number of hydrogen-bond acceptors (Lipinski definition) is 6. The van der Waals surface area contributed by atoms with E-state index in [9.17, 15) is 14.6 Å². The van der Waals surface area contributed by atoms with E-state index < -0.39 is 13.1 Å². The van der Waals surface area contributed by atoms with Crippen molar-refractivity contribution in [2.45, 2.75) is 32.5 Å². The molecular formula is C16H21BN2O5. The molecule has 0 atom stereocenters. The molecule has 1 saturated heterocycles. The minimum absolute atomic E-state index is 0.0790. The summed E-state index contributed by atoms with van der Waals surface area (Å²) in [5.41, 5.74) is 2.61. The Morgan fingerprint density at radius 1 is 1.42 bits per heavy atom. The second-order valence-electron chi connectivity index (χ2n) is 6.10. The van der Waals surface area contributed by atoms with Gasteiger partial charge in [-0.15, -0.1) is 0 Å². The zero-order chi connectivity index (χ0) is 17.1. The molecule has 0 aromatic heterocycles. The van der Waals surface area contributed by atoms with Gasteiger partial charge in [-0.05, 0) is 55.5 Å². The van der Waals surface area contributed by atoms with Crippen LogP contribution in [0.5, 0.6) is 0 Å². The summed E-state index contributed by atoms with van der Waals surface area (Å²) in [5.74, 6) is -0.797. The van der Waals surface area contributed by atoms with E-state index in [1.165, 1.54) is 0 Å². The fraction of sp³-hybridized carbons (Fsp3) is 0.500. The van der Waals surface area contributed by atoms with Gasteiger partial charge < -0.3 is 25.0 Å². The maximum atomic E-state index is 12.3. The van der Waals surface area contributed by atoms with Crippen LogP contribution in [0.25, 0.3) is 0 Å². The standard InChI is InChI=1S/C16H21BN2O5/c1-10-13(3-2-11-9-23-17(22)15(10)11)16(21)19-8-14(20)24-12-4-6-18-7-5-12/h2-3,12,18,22H,4-9H2,1H3,(H,19,21). The smallest absolute Gasteiger partial charge is 0.461 e. The quantitative estimate of drug-likeness (QED) is 0.495. The summed E-state index contributed by atoms with van der Waals surface area (Å²) in [6, 6.07) is 3.45. The minimum atomic E-state index is -1.00. The molecule has 1 aromatic carbocycles. The highest BCUT2D eigenvalue weighted by Gasteiger charge is 2.31. The summed E-state index contributed by atoms with van der Waals surface area (Å²) >= 11 is 0. The van der Waals surface area contributed by atoms with Gasteiger partial charge in [-0.2, -0.15) is 0 Å². The van der Waals surface area contributed by atoms with Crippen molar-refractivity contribution < 1.29 is 24.0 Å². The van der Waals surface area contributed by atoms with Gasteiger partial charge in [-0.25, -0.2) is 0 Å². The van der Waals surface area contributed by atoms with Crippen LogP contribution in [0.2, 0.25) is 0 Å². The van der Waals surface area contributed by atoms with Crippen LogP contribution in [0.3, 0.4) is 0 Å². The third-order valence-electron chi connectivity index (χ3n) is 4.47. The molecule has 2 heterocycles. The molecule has 7 nitrogen and oxygen atoms in total. The normalized spacial score (nSPS) is 17.5. The lowest BCUT2D eigenvalue weighted by molar-refractivity contribution is -0.148. The van der Waals surface area contributed by atoms with Gasteiger partial charge in [0.2, 0.25) is 0 Å². The first-order valence-electron chi connectivity index (χ1n) is 8.16. The van der Waals surface area contributed by atoms with Crippen LogP contribution >= 0.6 is 0 Å². The van der Waals surface area contributed by atoms with Gasteiger partial charge in [0.15, 0.2) is 0 Å². The Morgan fingerprint density at radius 2 is 2.17 bits per heavy atom. The van der Waals surface area contributed by atoms with Gasteiger partial charge in [0.25, 0.3) is 5.91 Å². The Hall–Kier alpha value is -1.90. The molecule has 8 heteroatoms. The fourth-order valence-corrected chi connectivity index (χ4v) is 3.14. The predicted molar refractivity (Wildman–Crippen MR) is 87.9 cm³/mol. The number of esters is 1. The highest BCUT2D eigenvalue weighted by molar-refractivity contribution is 6.62. The van der Waals surface area contributed by atoms with Crippen molar-refractivity contribution in [1.29, 1.82) is 0 Å². The van der Waals surface area contributed by atoms with Gasteiger partial charge in [-0.1, -0.05) is 6.07 Å². The molecule has 128 valence electrons. The van der Waals surface area contributed by atoms with Crippen LogP contribution < -0.4 is 16.1 Å². The molecule has 0 bridgehead atoms. The molecular weight excluding hydrogens is 311 g/mol. The molecule has 1 amide bonds. The Kier molecular flexibility index (Phi) is 5.18. The van der Waals surface area contributed by atoms with Gasteiger partial charge in [0.1, 0.15) is 12.6 Å². The first-order valence-corrected chi connectivity index (χ1v) is 8.16. The molecule has 24 heavy (non-hydrogen) atoms. The molecule has 1 fully saturated rings. The lowest BCUT2D eigenvalue weighted by Crippen LogP contribution is -2.38. The Labute approximate surface area is 140 Å². The van der Waals surface area contributed by atoms with E-state index in [1.54, 1.807) is 19.1 Å². The highest BCUT2D eigenvalue weighted by Crippen LogP contribution is 2.16. The summed E-state index contributed by atoms with van der Waals surface area (Å²) in [6.45, 7) is 3.60. The molecule has 0 spiro atoms. The third kappa shape index (κ3) is 3.61. The van der Waals surface area contributed by atoms with Crippen molar-refractivity contribution in [3.8, 4) is 0 Å². The number of nitrogens with one attached hydrogen (secondary N) is 2. The zero-order valence-electron chi connectivity index (χ0n) is 13.6. The third-order valence-corrected chi connectivity index (χ3v) is 4.47. The Bertz CT molecular complexity index is 646. The van der Waals surface area contributed by atoms with E-state index in [1.807, 2.05) is 0 Å². The second-order valence-corrected chi connectivity index (χ2v) is 6.10. The zero-order valence-corrected chi connectivity index (χ0v) is 13.6. The van der Waals surface area contributed by atoms with E-state index in [4.69, 9.17) is 9.39 Å². The number of rotatable bonds is 4. The average Bonchev–Trinajstić information content (AvgIpc) is 2.96. The summed E-state index contributed by atoms with van der Waals surface area (Å²) in [5, 5.41) is 15.6. The first kappa shape index (κ1) is 16.9. The number of carbonyl (C=O) groups is 2. The van der Waals surface area contributed by atoms with Crippen LogP contribution in [-0.2, 0) is 20.8 Å². The molecule has 3 N–H and O–H groups in total. The maximum absolute atomic E-state index is 12.3. The van der Waals surface area contributed by atoms with Crippen molar-refractivity contribution in [1.82, 2.24) is 10.6 Å². The Morgan fingerprint density at radius 3 is 2.92 bits per heavy atom. The largest absolute Gasteiger partial charge is 0.492 e. The van der Waals surface area contributed by atoms with Gasteiger partial charge in [0.05, 0.1) is 6.61 Å². The van der Waals surface area contributed by atoms with Gasteiger partial charge >= 0.3 is 13.1 Å². The summed E-state index contributed by atoms with van der Waals surface area (Å²) < 4.78 is 10.5. The highest BCUT2D eigenvalue weighted by atomic mass is 16.5. The number of piperidine rings is 1. The van der Waals surface area contributed by atoms with E-state index in [0.29, 0.717) is 23.2 Å². The summed E-state index contributed by atoms with van der Waals surface area (Å²) in [6.07, 6.45) is 1.51. The monoisotopic (exact) mass is 332 g/mol. The number of carbonyl (C=O) groups excluding carboxylic acids is 2. The van der Waals surface area contributed by atoms with Crippen molar-refractivity contribution in [3.63, 3.8) is 0 Å². The number of ether oxygens (including phenoxy) is 1. The molecule has 2 aliphatic heterocycles. The van der Waals surface area contributed by atoms with Crippen molar-refractivity contribution in [2.24, 2.45) is 0 Å². The van der Waals surface area contributed by atoms with E-state index in [0.717, 1.165) is 31.5 Å². The van der Waals surface area contributed by atoms with Crippen molar-refractivity contribution in [2.75, 3.05) is 19.6 Å². The topological polar surface area (TPSA) is 96.9 Å². The molecule has 0 aliphatic carbocycles. The fourth-order valence-electron chi connectivity index (χ4n) is 3.14. The minimum Gasteiger partial charge on any atom is -0.461 e. The first-order chi connectivity index (χ1) is 11.6. The van der Waals surface area contributed by atoms with Gasteiger partial charge in [0, 0.05) is 5.56 Å². The molecule has 2 aliphatic rings. The van der Waals surface area contributed by atoms with Gasteiger partial charge in [-0.3, -0.25) is 9.59 Å². The van der Waals surface area contributed by atoms with E-state index in [2.05, 4.69) is 10.6 Å². The number of fused-ring (bicyclic) bond motifs is 1. The molecule has 0 radical (unpaired) electrons. The number of hydrogen-bond donors (Lipinski definition) is 3. The molecule has 3 rings (SSSR count). The lowest BCUT2D eigenvalue weighted by Gasteiger charge is -2.22. The predicted octanol–water partition coefficient (Wildman–Crippen LogP) is -0.762. The van der Waals surface area contributed by atoms with Crippen LogP contribution in [0.4, 0.5) is 0 Å². The molecule has 1 aromatic rings. The summed E-state index contributed by atoms with van der Waals surface area (Å²) in [7, 11) is -1.00. The van der Waals surface area contributed by atoms with Crippen LogP contribution in [0.15, 0.2) is 12.1 Å².